The van der Waals surface area contributed by atoms with E-state index in [4.69, 9.17) is 9.72 Å². The molecule has 4 aromatic rings. The van der Waals surface area contributed by atoms with Crippen molar-refractivity contribution in [3.63, 3.8) is 0 Å². The molecule has 0 N–H and O–H groups in total. The second-order valence-corrected chi connectivity index (χ2v) is 10.4. The molecule has 1 aromatic heterocycles. The monoisotopic (exact) mass is 521 g/mol. The summed E-state index contributed by atoms with van der Waals surface area (Å²) in [5, 5.41) is 0. The third kappa shape index (κ3) is 5.99. The predicted octanol–water partition coefficient (Wildman–Crippen LogP) is 6.32. The van der Waals surface area contributed by atoms with Crippen molar-refractivity contribution in [2.45, 2.75) is 44.6 Å². The number of esters is 1. The Balaban J connectivity index is 1.30. The predicted molar refractivity (Wildman–Crippen MR) is 156 cm³/mol. The van der Waals surface area contributed by atoms with E-state index in [1.807, 2.05) is 13.3 Å². The first-order valence-electron chi connectivity index (χ1n) is 14.3. The van der Waals surface area contributed by atoms with E-state index in [2.05, 4.69) is 107 Å². The molecule has 0 aliphatic carbocycles. The van der Waals surface area contributed by atoms with Crippen molar-refractivity contribution in [3.05, 3.63) is 126 Å². The van der Waals surface area contributed by atoms with Gasteiger partial charge in [-0.05, 0) is 75.4 Å². The van der Waals surface area contributed by atoms with Crippen LogP contribution in [-0.2, 0) is 21.5 Å². The Morgan fingerprint density at radius 3 is 1.90 bits per heavy atom. The highest BCUT2D eigenvalue weighted by molar-refractivity contribution is 5.72. The Hall–Kier alpha value is -3.70. The number of rotatable bonds is 11. The van der Waals surface area contributed by atoms with Crippen LogP contribution in [0.3, 0.4) is 0 Å². The maximum atomic E-state index is 12.0. The van der Waals surface area contributed by atoms with Gasteiger partial charge in [-0.15, -0.1) is 0 Å². The lowest BCUT2D eigenvalue weighted by Gasteiger charge is -2.37. The van der Waals surface area contributed by atoms with Gasteiger partial charge >= 0.3 is 5.97 Å². The summed E-state index contributed by atoms with van der Waals surface area (Å²) in [5.41, 5.74) is 4.22. The maximum absolute atomic E-state index is 12.0. The molecule has 39 heavy (non-hydrogen) atoms. The molecule has 1 aliphatic heterocycles. The van der Waals surface area contributed by atoms with Crippen LogP contribution >= 0.6 is 0 Å². The van der Waals surface area contributed by atoms with Gasteiger partial charge in [-0.3, -0.25) is 4.79 Å². The fraction of sp³-hybridized carbons (Fsp3) is 0.353. The Labute approximate surface area is 232 Å². The lowest BCUT2D eigenvalue weighted by Crippen LogP contribution is -2.37. The quantitative estimate of drug-likeness (QED) is 0.132. The number of hydrogen-bond donors (Lipinski definition) is 0. The van der Waals surface area contributed by atoms with Crippen LogP contribution in [0.2, 0.25) is 0 Å². The number of nitrogens with zero attached hydrogens (tertiary/aromatic N) is 3. The number of hydrogen-bond acceptors (Lipinski definition) is 4. The number of carbonyl (C=O) groups excluding carboxylic acids is 1. The Morgan fingerprint density at radius 2 is 1.38 bits per heavy atom. The number of piperidine rings is 1. The van der Waals surface area contributed by atoms with E-state index >= 15 is 0 Å². The molecule has 0 saturated carbocycles. The molecule has 1 saturated heterocycles. The highest BCUT2D eigenvalue weighted by Gasteiger charge is 2.38. The average Bonchev–Trinajstić information content (AvgIpc) is 3.47. The van der Waals surface area contributed by atoms with Crippen LogP contribution in [0.1, 0.15) is 55.0 Å². The van der Waals surface area contributed by atoms with Crippen LogP contribution in [0.25, 0.3) is 0 Å². The molecule has 0 radical (unpaired) electrons. The van der Waals surface area contributed by atoms with E-state index in [1.165, 1.54) is 16.7 Å². The fourth-order valence-electron chi connectivity index (χ4n) is 5.96. The van der Waals surface area contributed by atoms with Crippen molar-refractivity contribution < 1.29 is 9.53 Å². The first kappa shape index (κ1) is 26.9. The van der Waals surface area contributed by atoms with Crippen molar-refractivity contribution in [2.75, 3.05) is 26.2 Å². The molecule has 1 aliphatic rings. The van der Waals surface area contributed by atoms with Gasteiger partial charge in [0.25, 0.3) is 0 Å². The van der Waals surface area contributed by atoms with E-state index in [9.17, 15) is 4.79 Å². The lowest BCUT2D eigenvalue weighted by atomic mass is 9.77. The van der Waals surface area contributed by atoms with Crippen LogP contribution in [0, 0.1) is 5.92 Å². The zero-order valence-corrected chi connectivity index (χ0v) is 22.9. The zero-order chi connectivity index (χ0) is 26.9. The minimum absolute atomic E-state index is 0.0229. The average molecular weight is 522 g/mol. The van der Waals surface area contributed by atoms with Crippen LogP contribution < -0.4 is 0 Å². The van der Waals surface area contributed by atoms with Gasteiger partial charge < -0.3 is 14.2 Å². The summed E-state index contributed by atoms with van der Waals surface area (Å²) in [4.78, 5) is 19.4. The third-order valence-electron chi connectivity index (χ3n) is 7.96. The standard InChI is InChI=1S/C34H39N3O2/c1-2-39-33(38)28-21-24-36(25-22-28)23-13-12-20-32-26-37(27-35-32)34(29-14-6-3-7-15-29,30-16-8-4-9-17-30)31-18-10-5-11-19-31/h3-11,14-19,26-28H,2,12-13,20-25H2,1H3. The van der Waals surface area contributed by atoms with Gasteiger partial charge in [-0.2, -0.15) is 0 Å². The molecule has 0 atom stereocenters. The summed E-state index contributed by atoms with van der Waals surface area (Å²) in [6, 6.07) is 32.2. The van der Waals surface area contributed by atoms with Gasteiger partial charge in [0.1, 0.15) is 5.54 Å². The Bertz CT molecular complexity index is 1200. The molecule has 202 valence electrons. The van der Waals surface area contributed by atoms with E-state index in [1.54, 1.807) is 0 Å². The molecule has 0 spiro atoms. The summed E-state index contributed by atoms with van der Waals surface area (Å²) < 4.78 is 7.50. The molecular weight excluding hydrogens is 482 g/mol. The number of likely N-dealkylation sites (tertiary alicyclic amines) is 1. The van der Waals surface area contributed by atoms with Crippen LogP contribution in [0.5, 0.6) is 0 Å². The molecule has 5 heteroatoms. The van der Waals surface area contributed by atoms with E-state index in [-0.39, 0.29) is 11.9 Å². The largest absolute Gasteiger partial charge is 0.466 e. The van der Waals surface area contributed by atoms with Crippen LogP contribution in [-0.4, -0.2) is 46.7 Å². The van der Waals surface area contributed by atoms with E-state index in [0.29, 0.717) is 6.61 Å². The number of imidazole rings is 1. The number of ether oxygens (including phenoxy) is 1. The van der Waals surface area contributed by atoms with E-state index < -0.39 is 5.54 Å². The second kappa shape index (κ2) is 12.9. The number of carbonyl (C=O) groups is 1. The normalized spacial score (nSPS) is 14.8. The van der Waals surface area contributed by atoms with Gasteiger partial charge in [-0.25, -0.2) is 4.98 Å². The van der Waals surface area contributed by atoms with Crippen molar-refractivity contribution in [1.82, 2.24) is 14.5 Å². The SMILES string of the molecule is CCOC(=O)C1CCN(CCCCc2cn(C(c3ccccc3)(c3ccccc3)c3ccccc3)cn2)CC1. The number of aromatic nitrogens is 2. The second-order valence-electron chi connectivity index (χ2n) is 10.4. The van der Waals surface area contributed by atoms with Gasteiger partial charge in [0.15, 0.2) is 0 Å². The lowest BCUT2D eigenvalue weighted by molar-refractivity contribution is -0.149. The fourth-order valence-corrected chi connectivity index (χ4v) is 5.96. The van der Waals surface area contributed by atoms with Gasteiger partial charge in [0.05, 0.1) is 24.5 Å². The third-order valence-corrected chi connectivity index (χ3v) is 7.96. The van der Waals surface area contributed by atoms with Gasteiger partial charge in [-0.1, -0.05) is 91.0 Å². The minimum atomic E-state index is -0.516. The summed E-state index contributed by atoms with van der Waals surface area (Å²) in [5.74, 6) is 0.0506. The highest BCUT2D eigenvalue weighted by Crippen LogP contribution is 2.40. The summed E-state index contributed by atoms with van der Waals surface area (Å²) in [6.45, 7) is 5.37. The molecule has 0 bridgehead atoms. The van der Waals surface area contributed by atoms with Crippen LogP contribution in [0.15, 0.2) is 104 Å². The molecular formula is C34H39N3O2. The van der Waals surface area contributed by atoms with Crippen LogP contribution in [0.4, 0.5) is 0 Å². The first-order valence-corrected chi connectivity index (χ1v) is 14.3. The molecule has 0 unspecified atom stereocenters. The Morgan fingerprint density at radius 1 is 0.846 bits per heavy atom. The molecule has 3 aromatic carbocycles. The van der Waals surface area contributed by atoms with Crippen molar-refractivity contribution in [3.8, 4) is 0 Å². The van der Waals surface area contributed by atoms with Crippen molar-refractivity contribution in [1.29, 1.82) is 0 Å². The highest BCUT2D eigenvalue weighted by atomic mass is 16.5. The summed E-state index contributed by atoms with van der Waals surface area (Å²) in [6.07, 6.45) is 9.20. The molecule has 2 heterocycles. The molecule has 5 nitrogen and oxygen atoms in total. The molecule has 1 fully saturated rings. The topological polar surface area (TPSA) is 47.4 Å². The number of aryl methyl sites for hydroxylation is 1. The van der Waals surface area contributed by atoms with Gasteiger partial charge in [0, 0.05) is 6.20 Å². The minimum Gasteiger partial charge on any atom is -0.466 e. The van der Waals surface area contributed by atoms with Crippen molar-refractivity contribution >= 4 is 5.97 Å². The Kier molecular flexibility index (Phi) is 8.89. The summed E-state index contributed by atoms with van der Waals surface area (Å²) in [7, 11) is 0. The van der Waals surface area contributed by atoms with Gasteiger partial charge in [0.2, 0.25) is 0 Å². The first-order chi connectivity index (χ1) is 19.2. The molecule has 5 rings (SSSR count). The number of benzene rings is 3. The summed E-state index contributed by atoms with van der Waals surface area (Å²) >= 11 is 0. The maximum Gasteiger partial charge on any atom is 0.309 e. The smallest absolute Gasteiger partial charge is 0.309 e. The van der Waals surface area contributed by atoms with E-state index in [0.717, 1.165) is 57.4 Å². The molecule has 0 amide bonds. The zero-order valence-electron chi connectivity index (χ0n) is 22.9. The van der Waals surface area contributed by atoms with Crippen molar-refractivity contribution in [2.24, 2.45) is 5.92 Å². The number of unbranched alkanes of at least 4 members (excludes halogenated alkanes) is 1.